The zero-order valence-corrected chi connectivity index (χ0v) is 11.1. The SMILES string of the molecule is CC(C)[C@H](NC(=O)NCCN1CCCC1)C(=O)O. The van der Waals surface area contributed by atoms with Crippen molar-refractivity contribution in [1.82, 2.24) is 15.5 Å². The second-order valence-electron chi connectivity index (χ2n) is 5.01. The van der Waals surface area contributed by atoms with Gasteiger partial charge in [0, 0.05) is 13.1 Å². The van der Waals surface area contributed by atoms with Crippen molar-refractivity contribution >= 4 is 12.0 Å². The number of carboxylic acid groups (broad SMARTS) is 1. The zero-order chi connectivity index (χ0) is 13.5. The van der Waals surface area contributed by atoms with Crippen LogP contribution < -0.4 is 10.6 Å². The van der Waals surface area contributed by atoms with Crippen molar-refractivity contribution in [3.05, 3.63) is 0 Å². The van der Waals surface area contributed by atoms with Gasteiger partial charge in [-0.2, -0.15) is 0 Å². The highest BCUT2D eigenvalue weighted by molar-refractivity contribution is 5.82. The van der Waals surface area contributed by atoms with Crippen LogP contribution in [0.1, 0.15) is 26.7 Å². The molecule has 1 atom stereocenters. The smallest absolute Gasteiger partial charge is 0.326 e. The average molecular weight is 257 g/mol. The Morgan fingerprint density at radius 1 is 1.28 bits per heavy atom. The minimum absolute atomic E-state index is 0.133. The molecule has 18 heavy (non-hydrogen) atoms. The molecule has 6 nitrogen and oxygen atoms in total. The third-order valence-corrected chi connectivity index (χ3v) is 3.13. The number of amides is 2. The lowest BCUT2D eigenvalue weighted by Gasteiger charge is -2.19. The predicted octanol–water partition coefficient (Wildman–Crippen LogP) is 0.491. The summed E-state index contributed by atoms with van der Waals surface area (Å²) in [5.74, 6) is -1.13. The van der Waals surface area contributed by atoms with E-state index >= 15 is 0 Å². The second-order valence-corrected chi connectivity index (χ2v) is 5.01. The summed E-state index contributed by atoms with van der Waals surface area (Å²) in [6.45, 7) is 7.09. The fraction of sp³-hybridized carbons (Fsp3) is 0.833. The summed E-state index contributed by atoms with van der Waals surface area (Å²) in [4.78, 5) is 24.7. The van der Waals surface area contributed by atoms with Crippen LogP contribution in [0.15, 0.2) is 0 Å². The summed E-state index contributed by atoms with van der Waals surface area (Å²) < 4.78 is 0. The Labute approximate surface area is 108 Å². The summed E-state index contributed by atoms with van der Waals surface area (Å²) in [6.07, 6.45) is 2.45. The zero-order valence-electron chi connectivity index (χ0n) is 11.1. The molecule has 0 aromatic rings. The van der Waals surface area contributed by atoms with Crippen molar-refractivity contribution in [3.63, 3.8) is 0 Å². The fourth-order valence-electron chi connectivity index (χ4n) is 2.04. The van der Waals surface area contributed by atoms with Gasteiger partial charge in [0.05, 0.1) is 0 Å². The molecule has 0 unspecified atom stereocenters. The Morgan fingerprint density at radius 3 is 2.39 bits per heavy atom. The molecule has 1 saturated heterocycles. The Bertz CT molecular complexity index is 288. The fourth-order valence-corrected chi connectivity index (χ4v) is 2.04. The predicted molar refractivity (Wildman–Crippen MR) is 68.5 cm³/mol. The first kappa shape index (κ1) is 14.8. The van der Waals surface area contributed by atoms with E-state index in [9.17, 15) is 9.59 Å². The van der Waals surface area contributed by atoms with E-state index in [1.165, 1.54) is 12.8 Å². The molecule has 1 fully saturated rings. The average Bonchev–Trinajstić information content (AvgIpc) is 2.78. The summed E-state index contributed by atoms with van der Waals surface area (Å²) in [6, 6.07) is -1.24. The van der Waals surface area contributed by atoms with E-state index < -0.39 is 18.0 Å². The number of urea groups is 1. The number of aliphatic carboxylic acids is 1. The molecular formula is C12H23N3O3. The number of carboxylic acids is 1. The lowest BCUT2D eigenvalue weighted by molar-refractivity contribution is -0.140. The summed E-state index contributed by atoms with van der Waals surface area (Å²) in [5, 5.41) is 14.1. The standard InChI is InChI=1S/C12H23N3O3/c1-9(2)10(11(16)17)14-12(18)13-5-8-15-6-3-4-7-15/h9-10H,3-8H2,1-2H3,(H,16,17)(H2,13,14,18)/t10-/m0/s1. The molecule has 0 radical (unpaired) electrons. The number of carbonyl (C=O) groups excluding carboxylic acids is 1. The first-order chi connectivity index (χ1) is 8.50. The Balaban J connectivity index is 2.21. The quantitative estimate of drug-likeness (QED) is 0.647. The number of likely N-dealkylation sites (tertiary alicyclic amines) is 1. The molecule has 3 N–H and O–H groups in total. The van der Waals surface area contributed by atoms with Crippen LogP contribution in [0.4, 0.5) is 4.79 Å². The maximum atomic E-state index is 11.5. The van der Waals surface area contributed by atoms with Crippen LogP contribution >= 0.6 is 0 Å². The molecule has 1 rings (SSSR count). The summed E-state index contributed by atoms with van der Waals surface area (Å²) in [7, 11) is 0. The minimum atomic E-state index is -1.00. The van der Waals surface area contributed by atoms with Gasteiger partial charge in [-0.25, -0.2) is 9.59 Å². The molecule has 0 aromatic heterocycles. The van der Waals surface area contributed by atoms with Crippen LogP contribution in [-0.4, -0.2) is 54.2 Å². The van der Waals surface area contributed by atoms with Gasteiger partial charge in [-0.1, -0.05) is 13.8 Å². The van der Waals surface area contributed by atoms with Crippen molar-refractivity contribution in [1.29, 1.82) is 0 Å². The van der Waals surface area contributed by atoms with Crippen molar-refractivity contribution in [3.8, 4) is 0 Å². The third-order valence-electron chi connectivity index (χ3n) is 3.13. The van der Waals surface area contributed by atoms with Crippen molar-refractivity contribution in [2.24, 2.45) is 5.92 Å². The van der Waals surface area contributed by atoms with Gasteiger partial charge in [0.15, 0.2) is 0 Å². The van der Waals surface area contributed by atoms with Crippen LogP contribution in [-0.2, 0) is 4.79 Å². The first-order valence-corrected chi connectivity index (χ1v) is 6.50. The van der Waals surface area contributed by atoms with Crippen LogP contribution in [0, 0.1) is 5.92 Å². The van der Waals surface area contributed by atoms with Gasteiger partial charge in [-0.15, -0.1) is 0 Å². The van der Waals surface area contributed by atoms with Crippen LogP contribution in [0.5, 0.6) is 0 Å². The Hall–Kier alpha value is -1.30. The molecule has 1 aliphatic heterocycles. The van der Waals surface area contributed by atoms with Gasteiger partial charge < -0.3 is 20.6 Å². The highest BCUT2D eigenvalue weighted by Crippen LogP contribution is 2.05. The first-order valence-electron chi connectivity index (χ1n) is 6.50. The molecule has 0 bridgehead atoms. The number of hydrogen-bond donors (Lipinski definition) is 3. The number of nitrogens with zero attached hydrogens (tertiary/aromatic N) is 1. The monoisotopic (exact) mass is 257 g/mol. The highest BCUT2D eigenvalue weighted by Gasteiger charge is 2.23. The van der Waals surface area contributed by atoms with Gasteiger partial charge in [0.25, 0.3) is 0 Å². The van der Waals surface area contributed by atoms with E-state index in [0.29, 0.717) is 6.54 Å². The molecule has 0 aliphatic carbocycles. The Morgan fingerprint density at radius 2 is 1.89 bits per heavy atom. The van der Waals surface area contributed by atoms with Crippen molar-refractivity contribution < 1.29 is 14.7 Å². The number of nitrogens with one attached hydrogen (secondary N) is 2. The molecule has 0 spiro atoms. The second kappa shape index (κ2) is 7.20. The molecule has 2 amide bonds. The number of rotatable bonds is 6. The molecule has 1 heterocycles. The summed E-state index contributed by atoms with van der Waals surface area (Å²) >= 11 is 0. The molecule has 0 aromatic carbocycles. The van der Waals surface area contributed by atoms with Gasteiger partial charge in [0.2, 0.25) is 0 Å². The largest absolute Gasteiger partial charge is 0.480 e. The topological polar surface area (TPSA) is 81.7 Å². The molecular weight excluding hydrogens is 234 g/mol. The lowest BCUT2D eigenvalue weighted by atomic mass is 10.1. The van der Waals surface area contributed by atoms with E-state index in [0.717, 1.165) is 19.6 Å². The maximum absolute atomic E-state index is 11.5. The van der Waals surface area contributed by atoms with Gasteiger partial charge in [-0.05, 0) is 31.8 Å². The maximum Gasteiger partial charge on any atom is 0.326 e. The minimum Gasteiger partial charge on any atom is -0.480 e. The number of carbonyl (C=O) groups is 2. The van der Waals surface area contributed by atoms with Gasteiger partial charge >= 0.3 is 12.0 Å². The third kappa shape index (κ3) is 4.91. The van der Waals surface area contributed by atoms with Crippen molar-refractivity contribution in [2.75, 3.05) is 26.2 Å². The van der Waals surface area contributed by atoms with E-state index in [-0.39, 0.29) is 5.92 Å². The number of hydrogen-bond acceptors (Lipinski definition) is 3. The molecule has 104 valence electrons. The van der Waals surface area contributed by atoms with Crippen molar-refractivity contribution in [2.45, 2.75) is 32.7 Å². The molecule has 0 saturated carbocycles. The van der Waals surface area contributed by atoms with Gasteiger partial charge in [0.1, 0.15) is 6.04 Å². The normalized spacial score (nSPS) is 17.7. The highest BCUT2D eigenvalue weighted by atomic mass is 16.4. The Kier molecular flexibility index (Phi) is 5.91. The van der Waals surface area contributed by atoms with E-state index in [1.807, 2.05) is 0 Å². The van der Waals surface area contributed by atoms with Gasteiger partial charge in [-0.3, -0.25) is 0 Å². The molecule has 1 aliphatic rings. The van der Waals surface area contributed by atoms with Crippen LogP contribution in [0.2, 0.25) is 0 Å². The molecule has 6 heteroatoms. The van der Waals surface area contributed by atoms with Crippen LogP contribution in [0.25, 0.3) is 0 Å². The lowest BCUT2D eigenvalue weighted by Crippen LogP contribution is -2.49. The van der Waals surface area contributed by atoms with E-state index in [2.05, 4.69) is 15.5 Å². The van der Waals surface area contributed by atoms with E-state index in [1.54, 1.807) is 13.8 Å². The summed E-state index contributed by atoms with van der Waals surface area (Å²) in [5.41, 5.74) is 0. The van der Waals surface area contributed by atoms with Crippen LogP contribution in [0.3, 0.4) is 0 Å². The van der Waals surface area contributed by atoms with E-state index in [4.69, 9.17) is 5.11 Å².